The molecular weight excluding hydrogens is 392 g/mol. The second kappa shape index (κ2) is 9.74. The van der Waals surface area contributed by atoms with Crippen LogP contribution in [-0.4, -0.2) is 10.2 Å². The van der Waals surface area contributed by atoms with Crippen molar-refractivity contribution in [2.45, 2.75) is 41.5 Å². The molecule has 0 atom stereocenters. The molecule has 0 aliphatic carbocycles. The summed E-state index contributed by atoms with van der Waals surface area (Å²) >= 11 is 0. The molecule has 0 aromatic heterocycles. The first-order chi connectivity index (χ1) is 15.2. The van der Waals surface area contributed by atoms with Crippen molar-refractivity contribution in [3.8, 4) is 33.8 Å². The van der Waals surface area contributed by atoms with E-state index in [0.717, 1.165) is 11.1 Å². The van der Waals surface area contributed by atoms with E-state index in [1.165, 1.54) is 33.4 Å². The first kappa shape index (κ1) is 23.1. The summed E-state index contributed by atoms with van der Waals surface area (Å²) in [4.78, 5) is 0. The van der Waals surface area contributed by atoms with Crippen molar-refractivity contribution in [2.24, 2.45) is 0 Å². The number of phenolic OH excluding ortho intramolecular Hbond substituents is 2. The Morgan fingerprint density at radius 1 is 0.344 bits per heavy atom. The lowest BCUT2D eigenvalue weighted by Crippen LogP contribution is -1.93. The summed E-state index contributed by atoms with van der Waals surface area (Å²) in [6.45, 7) is 12.6. The van der Waals surface area contributed by atoms with Gasteiger partial charge in [-0.1, -0.05) is 60.7 Å². The van der Waals surface area contributed by atoms with Crippen molar-refractivity contribution in [2.75, 3.05) is 0 Å². The zero-order valence-electron chi connectivity index (χ0n) is 19.8. The Hall–Kier alpha value is -3.52. The zero-order valence-corrected chi connectivity index (χ0v) is 19.8. The molecule has 0 radical (unpaired) electrons. The highest BCUT2D eigenvalue weighted by Crippen LogP contribution is 2.39. The normalized spacial score (nSPS) is 10.4. The largest absolute Gasteiger partial charge is 0.507 e. The molecule has 2 nitrogen and oxygen atoms in total. The van der Waals surface area contributed by atoms with Crippen molar-refractivity contribution in [1.82, 2.24) is 0 Å². The van der Waals surface area contributed by atoms with Gasteiger partial charge in [0.25, 0.3) is 0 Å². The maximum Gasteiger partial charge on any atom is 0.123 e. The predicted octanol–water partition coefficient (Wildman–Crippen LogP) is 7.97. The summed E-state index contributed by atoms with van der Waals surface area (Å²) in [7, 11) is 0. The smallest absolute Gasteiger partial charge is 0.123 e. The van der Waals surface area contributed by atoms with Crippen molar-refractivity contribution < 1.29 is 10.2 Å². The van der Waals surface area contributed by atoms with E-state index >= 15 is 0 Å². The Balaban J connectivity index is 0.000000181. The Bertz CT molecular complexity index is 973. The van der Waals surface area contributed by atoms with E-state index < -0.39 is 0 Å². The number of aryl methyl sites for hydroxylation is 6. The molecule has 2 N–H and O–H groups in total. The SMILES string of the molecule is Cc1cccc(C)c1-c1c(C)cccc1C.Cc1cccc(O)c1-c1c(C)cccc1O. The van der Waals surface area contributed by atoms with Gasteiger partial charge in [0.15, 0.2) is 0 Å². The molecule has 4 rings (SSSR count). The first-order valence-electron chi connectivity index (χ1n) is 10.9. The highest BCUT2D eigenvalue weighted by Gasteiger charge is 2.13. The fraction of sp³-hybridized carbons (Fsp3) is 0.200. The molecule has 0 saturated heterocycles. The summed E-state index contributed by atoms with van der Waals surface area (Å²) in [6, 6.07) is 23.7. The summed E-state index contributed by atoms with van der Waals surface area (Å²) < 4.78 is 0. The van der Waals surface area contributed by atoms with E-state index in [0.29, 0.717) is 11.1 Å². The fourth-order valence-electron chi connectivity index (χ4n) is 4.37. The molecule has 2 heteroatoms. The molecule has 164 valence electrons. The second-order valence-corrected chi connectivity index (χ2v) is 8.47. The number of hydrogen-bond donors (Lipinski definition) is 2. The number of benzene rings is 4. The van der Waals surface area contributed by atoms with Crippen LogP contribution >= 0.6 is 0 Å². The van der Waals surface area contributed by atoms with Crippen LogP contribution in [-0.2, 0) is 0 Å². The first-order valence-corrected chi connectivity index (χ1v) is 10.9. The van der Waals surface area contributed by atoms with Crippen LogP contribution in [0.5, 0.6) is 11.5 Å². The summed E-state index contributed by atoms with van der Waals surface area (Å²) in [6.07, 6.45) is 0. The highest BCUT2D eigenvalue weighted by atomic mass is 16.3. The molecule has 0 fully saturated rings. The molecule has 0 bridgehead atoms. The van der Waals surface area contributed by atoms with Gasteiger partial charge in [0.1, 0.15) is 11.5 Å². The molecule has 0 heterocycles. The number of hydrogen-bond acceptors (Lipinski definition) is 2. The van der Waals surface area contributed by atoms with Crippen molar-refractivity contribution in [3.63, 3.8) is 0 Å². The maximum atomic E-state index is 9.88. The predicted molar refractivity (Wildman–Crippen MR) is 136 cm³/mol. The van der Waals surface area contributed by atoms with Crippen LogP contribution in [0.3, 0.4) is 0 Å². The lowest BCUT2D eigenvalue weighted by molar-refractivity contribution is 0.468. The molecule has 0 aliphatic heterocycles. The van der Waals surface area contributed by atoms with Gasteiger partial charge >= 0.3 is 0 Å². The van der Waals surface area contributed by atoms with E-state index in [2.05, 4.69) is 64.1 Å². The minimum Gasteiger partial charge on any atom is -0.507 e. The van der Waals surface area contributed by atoms with Crippen LogP contribution < -0.4 is 0 Å². The van der Waals surface area contributed by atoms with Gasteiger partial charge in [-0.3, -0.25) is 0 Å². The third-order valence-electron chi connectivity index (χ3n) is 5.96. The van der Waals surface area contributed by atoms with E-state index in [1.807, 2.05) is 26.0 Å². The Morgan fingerprint density at radius 2 is 0.562 bits per heavy atom. The van der Waals surface area contributed by atoms with Gasteiger partial charge in [-0.25, -0.2) is 0 Å². The summed E-state index contributed by atoms with van der Waals surface area (Å²) in [5.74, 6) is 0.397. The lowest BCUT2D eigenvalue weighted by atomic mass is 9.90. The molecular formula is C30H32O2. The van der Waals surface area contributed by atoms with E-state index in [-0.39, 0.29) is 11.5 Å². The fourth-order valence-corrected chi connectivity index (χ4v) is 4.37. The number of phenols is 2. The van der Waals surface area contributed by atoms with Crippen LogP contribution in [0.15, 0.2) is 72.8 Å². The minimum absolute atomic E-state index is 0.199. The molecule has 0 spiro atoms. The molecule has 0 amide bonds. The Kier molecular flexibility index (Phi) is 7.05. The molecule has 0 aliphatic rings. The highest BCUT2D eigenvalue weighted by molar-refractivity contribution is 5.80. The zero-order chi connectivity index (χ0) is 23.4. The van der Waals surface area contributed by atoms with Crippen LogP contribution in [0.4, 0.5) is 0 Å². The van der Waals surface area contributed by atoms with Gasteiger partial charge < -0.3 is 10.2 Å². The van der Waals surface area contributed by atoms with Crippen LogP contribution in [0.1, 0.15) is 33.4 Å². The summed E-state index contributed by atoms with van der Waals surface area (Å²) in [5.41, 5.74) is 11.5. The van der Waals surface area contributed by atoms with E-state index in [9.17, 15) is 10.2 Å². The van der Waals surface area contributed by atoms with Gasteiger partial charge in [-0.15, -0.1) is 0 Å². The molecule has 4 aromatic carbocycles. The van der Waals surface area contributed by atoms with Crippen molar-refractivity contribution in [1.29, 1.82) is 0 Å². The van der Waals surface area contributed by atoms with Gasteiger partial charge in [0.05, 0.1) is 0 Å². The molecule has 0 saturated carbocycles. The molecule has 32 heavy (non-hydrogen) atoms. The van der Waals surface area contributed by atoms with E-state index in [1.54, 1.807) is 24.3 Å². The quantitative estimate of drug-likeness (QED) is 0.342. The summed E-state index contributed by atoms with van der Waals surface area (Å²) in [5, 5.41) is 19.8. The van der Waals surface area contributed by atoms with Gasteiger partial charge in [-0.05, 0) is 98.2 Å². The molecule has 0 unspecified atom stereocenters. The average molecular weight is 425 g/mol. The van der Waals surface area contributed by atoms with Crippen LogP contribution in [0.25, 0.3) is 22.3 Å². The van der Waals surface area contributed by atoms with Gasteiger partial charge in [0.2, 0.25) is 0 Å². The topological polar surface area (TPSA) is 40.5 Å². The molecule has 4 aromatic rings. The minimum atomic E-state index is 0.199. The number of aromatic hydroxyl groups is 2. The standard InChI is InChI=1S/C16H18.C14H14O2/c1-11-7-5-8-12(2)15(11)16-13(3)9-6-10-14(16)4;1-9-5-3-7-11(15)13(9)14-10(2)6-4-8-12(14)16/h5-10H,1-4H3;3-8,15-16H,1-2H3. The third kappa shape index (κ3) is 4.70. The number of rotatable bonds is 2. The van der Waals surface area contributed by atoms with Crippen molar-refractivity contribution in [3.05, 3.63) is 106 Å². The third-order valence-corrected chi connectivity index (χ3v) is 5.96. The maximum absolute atomic E-state index is 9.88. The second-order valence-electron chi connectivity index (χ2n) is 8.47. The Labute approximate surface area is 191 Å². The van der Waals surface area contributed by atoms with Crippen LogP contribution in [0.2, 0.25) is 0 Å². The van der Waals surface area contributed by atoms with Crippen LogP contribution in [0, 0.1) is 41.5 Å². The Morgan fingerprint density at radius 3 is 0.812 bits per heavy atom. The average Bonchev–Trinajstić information content (AvgIpc) is 2.72. The van der Waals surface area contributed by atoms with Crippen molar-refractivity contribution >= 4 is 0 Å². The van der Waals surface area contributed by atoms with Gasteiger partial charge in [-0.2, -0.15) is 0 Å². The monoisotopic (exact) mass is 424 g/mol. The van der Waals surface area contributed by atoms with Gasteiger partial charge in [0, 0.05) is 11.1 Å². The van der Waals surface area contributed by atoms with E-state index in [4.69, 9.17) is 0 Å². The lowest BCUT2D eigenvalue weighted by Gasteiger charge is -2.15.